The fourth-order valence-electron chi connectivity index (χ4n) is 3.07. The van der Waals surface area contributed by atoms with Crippen LogP contribution in [-0.4, -0.2) is 16.6 Å². The summed E-state index contributed by atoms with van der Waals surface area (Å²) in [6.45, 7) is 1.76. The Bertz CT molecular complexity index is 1200. The largest absolute Gasteiger partial charge is 0.272 e. The molecule has 1 heterocycles. The Morgan fingerprint density at radius 3 is 2.38 bits per heavy atom. The summed E-state index contributed by atoms with van der Waals surface area (Å²) in [5.41, 5.74) is 6.80. The van der Waals surface area contributed by atoms with Gasteiger partial charge in [0.25, 0.3) is 5.91 Å². The van der Waals surface area contributed by atoms with Gasteiger partial charge in [-0.3, -0.25) is 4.79 Å². The second kappa shape index (κ2) is 8.02. The molecule has 0 aliphatic rings. The average Bonchev–Trinajstić information content (AvgIpc) is 2.77. The second-order valence-corrected chi connectivity index (χ2v) is 6.58. The maximum Gasteiger partial charge on any atom is 0.272 e. The molecule has 0 unspecified atom stereocenters. The standard InChI is InChI=1S/C24H18FN3O/c1-16(17-11-13-19(25)14-12-17)27-28-24(29)21-15-23(18-7-3-2-4-8-18)26-22-10-6-5-9-20(21)22/h2-15H,1H3,(H,28,29). The smallest absolute Gasteiger partial charge is 0.267 e. The number of pyridine rings is 1. The summed E-state index contributed by atoms with van der Waals surface area (Å²) in [4.78, 5) is 17.6. The van der Waals surface area contributed by atoms with Crippen molar-refractivity contribution in [3.05, 3.63) is 102 Å². The summed E-state index contributed by atoms with van der Waals surface area (Å²) in [5.74, 6) is -0.649. The fourth-order valence-corrected chi connectivity index (χ4v) is 3.07. The number of nitrogens with zero attached hydrogens (tertiary/aromatic N) is 2. The van der Waals surface area contributed by atoms with Gasteiger partial charge in [0.15, 0.2) is 0 Å². The minimum Gasteiger partial charge on any atom is -0.267 e. The molecule has 1 N–H and O–H groups in total. The van der Waals surface area contributed by atoms with E-state index < -0.39 is 0 Å². The molecule has 4 rings (SSSR count). The maximum absolute atomic E-state index is 13.1. The molecular formula is C24H18FN3O. The molecule has 5 heteroatoms. The van der Waals surface area contributed by atoms with E-state index >= 15 is 0 Å². The van der Waals surface area contributed by atoms with Crippen LogP contribution in [0.4, 0.5) is 4.39 Å². The van der Waals surface area contributed by atoms with E-state index in [0.29, 0.717) is 17.0 Å². The lowest BCUT2D eigenvalue weighted by atomic mass is 10.0. The van der Waals surface area contributed by atoms with Crippen molar-refractivity contribution in [1.82, 2.24) is 10.4 Å². The molecule has 0 fully saturated rings. The van der Waals surface area contributed by atoms with Crippen LogP contribution >= 0.6 is 0 Å². The topological polar surface area (TPSA) is 54.4 Å². The summed E-state index contributed by atoms with van der Waals surface area (Å²) >= 11 is 0. The number of para-hydroxylation sites is 1. The van der Waals surface area contributed by atoms with Crippen molar-refractivity contribution >= 4 is 22.5 Å². The number of nitrogens with one attached hydrogen (secondary N) is 1. The summed E-state index contributed by atoms with van der Waals surface area (Å²) in [6, 6.07) is 25.0. The molecule has 0 saturated heterocycles. The molecule has 1 aromatic heterocycles. The van der Waals surface area contributed by atoms with Crippen LogP contribution in [0, 0.1) is 5.82 Å². The molecule has 0 spiro atoms. The van der Waals surface area contributed by atoms with Gasteiger partial charge >= 0.3 is 0 Å². The average molecular weight is 383 g/mol. The van der Waals surface area contributed by atoms with Gasteiger partial charge in [-0.1, -0.05) is 60.7 Å². The van der Waals surface area contributed by atoms with E-state index in [1.807, 2.05) is 54.6 Å². The molecule has 4 nitrogen and oxygen atoms in total. The number of hydrazone groups is 1. The zero-order chi connectivity index (χ0) is 20.2. The third-order valence-electron chi connectivity index (χ3n) is 4.62. The third kappa shape index (κ3) is 4.04. The van der Waals surface area contributed by atoms with E-state index in [1.54, 1.807) is 25.1 Å². The van der Waals surface area contributed by atoms with Crippen molar-refractivity contribution in [3.63, 3.8) is 0 Å². The van der Waals surface area contributed by atoms with Crippen LogP contribution in [0.5, 0.6) is 0 Å². The molecule has 3 aromatic carbocycles. The number of carbonyl (C=O) groups is 1. The first kappa shape index (κ1) is 18.5. The monoisotopic (exact) mass is 383 g/mol. The molecule has 0 saturated carbocycles. The van der Waals surface area contributed by atoms with E-state index in [-0.39, 0.29) is 11.7 Å². The number of hydrogen-bond acceptors (Lipinski definition) is 3. The number of benzene rings is 3. The highest BCUT2D eigenvalue weighted by Gasteiger charge is 2.13. The lowest BCUT2D eigenvalue weighted by molar-refractivity contribution is 0.0956. The summed E-state index contributed by atoms with van der Waals surface area (Å²) in [5, 5.41) is 4.93. The Morgan fingerprint density at radius 2 is 1.62 bits per heavy atom. The quantitative estimate of drug-likeness (QED) is 0.389. The van der Waals surface area contributed by atoms with Crippen LogP contribution in [0.3, 0.4) is 0 Å². The van der Waals surface area contributed by atoms with Crippen LogP contribution in [0.2, 0.25) is 0 Å². The lowest BCUT2D eigenvalue weighted by Crippen LogP contribution is -2.20. The first-order chi connectivity index (χ1) is 14.1. The van der Waals surface area contributed by atoms with Gasteiger partial charge in [-0.25, -0.2) is 14.8 Å². The Morgan fingerprint density at radius 1 is 0.931 bits per heavy atom. The number of hydrogen-bond donors (Lipinski definition) is 1. The predicted octanol–water partition coefficient (Wildman–Crippen LogP) is 5.19. The number of fused-ring (bicyclic) bond motifs is 1. The van der Waals surface area contributed by atoms with E-state index in [9.17, 15) is 9.18 Å². The Kier molecular flexibility index (Phi) is 5.12. The maximum atomic E-state index is 13.1. The van der Waals surface area contributed by atoms with Gasteiger partial charge in [0, 0.05) is 10.9 Å². The molecule has 4 aromatic rings. The van der Waals surface area contributed by atoms with Gasteiger partial charge in [-0.15, -0.1) is 0 Å². The number of halogens is 1. The summed E-state index contributed by atoms with van der Waals surface area (Å²) in [7, 11) is 0. The number of amides is 1. The van der Waals surface area contributed by atoms with Crippen molar-refractivity contribution in [2.75, 3.05) is 0 Å². The summed E-state index contributed by atoms with van der Waals surface area (Å²) < 4.78 is 13.1. The van der Waals surface area contributed by atoms with Crippen molar-refractivity contribution in [2.45, 2.75) is 6.92 Å². The molecular weight excluding hydrogens is 365 g/mol. The van der Waals surface area contributed by atoms with Crippen molar-refractivity contribution < 1.29 is 9.18 Å². The first-order valence-corrected chi connectivity index (χ1v) is 9.17. The van der Waals surface area contributed by atoms with Crippen molar-refractivity contribution in [3.8, 4) is 11.3 Å². The van der Waals surface area contributed by atoms with Gasteiger partial charge in [-0.05, 0) is 36.8 Å². The van der Waals surface area contributed by atoms with E-state index in [4.69, 9.17) is 0 Å². The van der Waals surface area contributed by atoms with Gasteiger partial charge < -0.3 is 0 Å². The van der Waals surface area contributed by atoms with Crippen molar-refractivity contribution in [1.29, 1.82) is 0 Å². The highest BCUT2D eigenvalue weighted by atomic mass is 19.1. The zero-order valence-electron chi connectivity index (χ0n) is 15.8. The van der Waals surface area contributed by atoms with Crippen LogP contribution in [0.1, 0.15) is 22.8 Å². The van der Waals surface area contributed by atoms with Crippen LogP contribution in [0.25, 0.3) is 22.2 Å². The number of rotatable bonds is 4. The Balaban J connectivity index is 1.69. The predicted molar refractivity (Wildman–Crippen MR) is 113 cm³/mol. The lowest BCUT2D eigenvalue weighted by Gasteiger charge is -2.09. The highest BCUT2D eigenvalue weighted by molar-refractivity contribution is 6.08. The molecule has 0 aliphatic heterocycles. The second-order valence-electron chi connectivity index (χ2n) is 6.58. The molecule has 1 amide bonds. The molecule has 29 heavy (non-hydrogen) atoms. The van der Waals surface area contributed by atoms with E-state index in [0.717, 1.165) is 22.0 Å². The zero-order valence-corrected chi connectivity index (χ0v) is 15.8. The van der Waals surface area contributed by atoms with E-state index in [2.05, 4.69) is 15.5 Å². The molecule has 0 atom stereocenters. The molecule has 0 aliphatic carbocycles. The third-order valence-corrected chi connectivity index (χ3v) is 4.62. The Labute approximate surface area is 167 Å². The van der Waals surface area contributed by atoms with Crippen LogP contribution < -0.4 is 5.43 Å². The van der Waals surface area contributed by atoms with Gasteiger partial charge in [0.2, 0.25) is 0 Å². The van der Waals surface area contributed by atoms with Crippen LogP contribution in [-0.2, 0) is 0 Å². The minimum absolute atomic E-state index is 0.317. The molecule has 0 bridgehead atoms. The SMILES string of the molecule is CC(=NNC(=O)c1cc(-c2ccccc2)nc2ccccc12)c1ccc(F)cc1. The number of aromatic nitrogens is 1. The van der Waals surface area contributed by atoms with Crippen molar-refractivity contribution in [2.24, 2.45) is 5.10 Å². The Hall–Kier alpha value is -3.86. The first-order valence-electron chi connectivity index (χ1n) is 9.17. The summed E-state index contributed by atoms with van der Waals surface area (Å²) in [6.07, 6.45) is 0. The van der Waals surface area contributed by atoms with Gasteiger partial charge in [0.05, 0.1) is 22.5 Å². The number of carbonyl (C=O) groups excluding carboxylic acids is 1. The normalized spacial score (nSPS) is 11.4. The fraction of sp³-hybridized carbons (Fsp3) is 0.0417. The van der Waals surface area contributed by atoms with E-state index in [1.165, 1.54) is 12.1 Å². The van der Waals surface area contributed by atoms with Crippen LogP contribution in [0.15, 0.2) is 90.0 Å². The van der Waals surface area contributed by atoms with Gasteiger partial charge in [-0.2, -0.15) is 5.10 Å². The highest BCUT2D eigenvalue weighted by Crippen LogP contribution is 2.24. The minimum atomic E-state index is -0.331. The molecule has 0 radical (unpaired) electrons. The van der Waals surface area contributed by atoms with Gasteiger partial charge in [0.1, 0.15) is 5.82 Å². The molecule has 142 valence electrons.